The summed E-state index contributed by atoms with van der Waals surface area (Å²) in [5.41, 5.74) is -0.264. The van der Waals surface area contributed by atoms with Crippen molar-refractivity contribution >= 4 is 13.5 Å². The van der Waals surface area contributed by atoms with Gasteiger partial charge in [0.15, 0.2) is 0 Å². The van der Waals surface area contributed by atoms with Crippen molar-refractivity contribution in [1.82, 2.24) is 0 Å². The number of hydrogen-bond acceptors (Lipinski definition) is 7. The van der Waals surface area contributed by atoms with Gasteiger partial charge < -0.3 is 4.52 Å². The molecule has 1 atom stereocenters. The normalized spacial score (nSPS) is 13.5. The van der Waals surface area contributed by atoms with Gasteiger partial charge in [0.1, 0.15) is 5.75 Å². The summed E-state index contributed by atoms with van der Waals surface area (Å²) >= 11 is 0. The van der Waals surface area contributed by atoms with Gasteiger partial charge in [0.05, 0.1) is 4.92 Å². The van der Waals surface area contributed by atoms with Gasteiger partial charge in [-0.25, -0.2) is 4.57 Å². The van der Waals surface area contributed by atoms with Crippen molar-refractivity contribution in [2.24, 2.45) is 0 Å². The number of nitro groups is 1. The maximum atomic E-state index is 10.9. The molecule has 0 fully saturated rings. The first-order chi connectivity index (χ1) is 7.80. The van der Waals surface area contributed by atoms with Crippen LogP contribution in [0.3, 0.4) is 0 Å². The van der Waals surface area contributed by atoms with Crippen molar-refractivity contribution in [2.75, 3.05) is 0 Å². The maximum Gasteiger partial charge on any atom is 0.557 e. The number of rotatable bonds is 5. The highest BCUT2D eigenvalue weighted by atomic mass is 31.2. The minimum atomic E-state index is -4.88. The third-order valence-corrected chi connectivity index (χ3v) is 2.22. The fraction of sp³-hybridized carbons (Fsp3) is 0. The van der Waals surface area contributed by atoms with Crippen LogP contribution in [0, 0.1) is 20.2 Å². The number of benzene rings is 1. The predicted octanol–water partition coefficient (Wildman–Crippen LogP) is 1.28. The molecule has 0 aromatic heterocycles. The molecule has 0 aliphatic rings. The zero-order chi connectivity index (χ0) is 13.1. The molecule has 0 saturated heterocycles. The van der Waals surface area contributed by atoms with E-state index in [2.05, 4.69) is 9.15 Å². The Labute approximate surface area is 93.3 Å². The van der Waals surface area contributed by atoms with E-state index in [-0.39, 0.29) is 11.4 Å². The molecule has 1 aromatic rings. The van der Waals surface area contributed by atoms with Crippen molar-refractivity contribution < 1.29 is 28.6 Å². The molecular weight excluding hydrogens is 259 g/mol. The summed E-state index contributed by atoms with van der Waals surface area (Å²) < 4.78 is 18.6. The van der Waals surface area contributed by atoms with Gasteiger partial charge in [-0.3, -0.25) is 15.0 Å². The van der Waals surface area contributed by atoms with Crippen LogP contribution in [0.1, 0.15) is 0 Å². The van der Waals surface area contributed by atoms with E-state index in [9.17, 15) is 24.8 Å². The largest absolute Gasteiger partial charge is 0.557 e. The van der Waals surface area contributed by atoms with E-state index in [0.29, 0.717) is 0 Å². The van der Waals surface area contributed by atoms with Crippen molar-refractivity contribution in [3.05, 3.63) is 44.5 Å². The van der Waals surface area contributed by atoms with Crippen molar-refractivity contribution in [1.29, 1.82) is 0 Å². The summed E-state index contributed by atoms with van der Waals surface area (Å²) in [6.07, 6.45) is 0. The average molecular weight is 264 g/mol. The second-order valence-electron chi connectivity index (χ2n) is 2.62. The van der Waals surface area contributed by atoms with Gasteiger partial charge in [-0.1, -0.05) is 0 Å². The maximum absolute atomic E-state index is 10.9. The highest BCUT2D eigenvalue weighted by molar-refractivity contribution is 7.47. The highest BCUT2D eigenvalue weighted by Gasteiger charge is 2.27. The Morgan fingerprint density at radius 3 is 2.12 bits per heavy atom. The van der Waals surface area contributed by atoms with E-state index in [0.717, 1.165) is 24.3 Å². The molecule has 0 spiro atoms. The van der Waals surface area contributed by atoms with E-state index in [1.165, 1.54) is 0 Å². The van der Waals surface area contributed by atoms with E-state index in [1.54, 1.807) is 0 Å². The molecule has 0 aliphatic heterocycles. The second-order valence-corrected chi connectivity index (χ2v) is 3.90. The van der Waals surface area contributed by atoms with Crippen LogP contribution in [0.15, 0.2) is 24.3 Å². The molecule has 17 heavy (non-hydrogen) atoms. The SMILES string of the molecule is O=[N+]([O-])OP(=O)(O)Oc1ccc([N+](=O)[O-])cc1. The lowest BCUT2D eigenvalue weighted by Gasteiger charge is -2.09. The lowest BCUT2D eigenvalue weighted by Crippen LogP contribution is -2.03. The Hall–Kier alpha value is -2.19. The molecule has 0 aliphatic carbocycles. The quantitative estimate of drug-likeness (QED) is 0.476. The zero-order valence-electron chi connectivity index (χ0n) is 7.96. The van der Waals surface area contributed by atoms with Gasteiger partial charge in [-0.15, -0.1) is 10.1 Å². The topological polar surface area (TPSA) is 142 Å². The fourth-order valence-electron chi connectivity index (χ4n) is 0.863. The molecule has 0 bridgehead atoms. The first-order valence-electron chi connectivity index (χ1n) is 3.91. The predicted molar refractivity (Wildman–Crippen MR) is 51.6 cm³/mol. The molecule has 0 heterocycles. The summed E-state index contributed by atoms with van der Waals surface area (Å²) in [6, 6.07) is 4.01. The van der Waals surface area contributed by atoms with Gasteiger partial charge in [-0.2, -0.15) is 4.62 Å². The molecule has 1 N–H and O–H groups in total. The van der Waals surface area contributed by atoms with Crippen LogP contribution in [0.2, 0.25) is 0 Å². The molecular formula is C6H5N2O8P. The Morgan fingerprint density at radius 1 is 1.18 bits per heavy atom. The van der Waals surface area contributed by atoms with Gasteiger partial charge in [-0.05, 0) is 12.1 Å². The minimum absolute atomic E-state index is 0.264. The zero-order valence-corrected chi connectivity index (χ0v) is 8.85. The summed E-state index contributed by atoms with van der Waals surface area (Å²) in [5.74, 6) is -0.275. The van der Waals surface area contributed by atoms with E-state index in [4.69, 9.17) is 4.89 Å². The first-order valence-corrected chi connectivity index (χ1v) is 5.41. The monoisotopic (exact) mass is 264 g/mol. The molecule has 0 saturated carbocycles. The molecule has 1 unspecified atom stereocenters. The first kappa shape index (κ1) is 12.9. The van der Waals surface area contributed by atoms with Gasteiger partial charge in [0.2, 0.25) is 0 Å². The summed E-state index contributed by atoms with van der Waals surface area (Å²) in [5, 5.41) is 18.6. The lowest BCUT2D eigenvalue weighted by atomic mass is 10.3. The molecule has 0 amide bonds. The van der Waals surface area contributed by atoms with Crippen molar-refractivity contribution in [3.8, 4) is 5.75 Å². The number of phosphoric acid groups is 1. The highest BCUT2D eigenvalue weighted by Crippen LogP contribution is 2.43. The van der Waals surface area contributed by atoms with E-state index < -0.39 is 17.8 Å². The van der Waals surface area contributed by atoms with Gasteiger partial charge in [0, 0.05) is 12.1 Å². The number of phosphoric ester groups is 1. The fourth-order valence-corrected chi connectivity index (χ4v) is 1.45. The number of nitrogens with zero attached hydrogens (tertiary/aromatic N) is 2. The van der Waals surface area contributed by atoms with Crippen LogP contribution in [-0.4, -0.2) is 14.9 Å². The van der Waals surface area contributed by atoms with Crippen LogP contribution in [-0.2, 0) is 9.19 Å². The molecule has 92 valence electrons. The van der Waals surface area contributed by atoms with Gasteiger partial charge in [0.25, 0.3) is 5.69 Å². The number of nitro benzene ring substituents is 1. The smallest absolute Gasteiger partial charge is 0.406 e. The molecule has 0 radical (unpaired) electrons. The Kier molecular flexibility index (Phi) is 3.61. The van der Waals surface area contributed by atoms with Crippen molar-refractivity contribution in [2.45, 2.75) is 0 Å². The Morgan fingerprint density at radius 2 is 1.71 bits per heavy atom. The number of non-ortho nitro benzene ring substituents is 1. The van der Waals surface area contributed by atoms with Gasteiger partial charge >= 0.3 is 12.9 Å². The third-order valence-electron chi connectivity index (χ3n) is 1.44. The van der Waals surface area contributed by atoms with Crippen LogP contribution >= 0.6 is 7.82 Å². The minimum Gasteiger partial charge on any atom is -0.406 e. The lowest BCUT2D eigenvalue weighted by molar-refractivity contribution is -0.717. The molecule has 1 aromatic carbocycles. The third kappa shape index (κ3) is 4.05. The molecule has 1 rings (SSSR count). The molecule has 10 nitrogen and oxygen atoms in total. The second kappa shape index (κ2) is 4.76. The average Bonchev–Trinajstić information content (AvgIpc) is 2.15. The van der Waals surface area contributed by atoms with Crippen LogP contribution in [0.25, 0.3) is 0 Å². The standard InChI is InChI=1S/C6H5N2O8P/c9-7(10)5-1-3-6(4-2-5)15-17(13,14)16-8(11)12/h1-4H,(H,13,14). The van der Waals surface area contributed by atoms with E-state index in [1.807, 2.05) is 0 Å². The Balaban J connectivity index is 2.79. The summed E-state index contributed by atoms with van der Waals surface area (Å²) in [6.45, 7) is 0. The molecule has 11 heteroatoms. The van der Waals surface area contributed by atoms with Crippen molar-refractivity contribution in [3.63, 3.8) is 0 Å². The Bertz CT molecular complexity index is 485. The number of hydrogen-bond donors (Lipinski definition) is 1. The summed E-state index contributed by atoms with van der Waals surface area (Å²) in [4.78, 5) is 28.3. The summed E-state index contributed by atoms with van der Waals surface area (Å²) in [7, 11) is -4.88. The van der Waals surface area contributed by atoms with Crippen LogP contribution in [0.5, 0.6) is 5.75 Å². The van der Waals surface area contributed by atoms with Crippen LogP contribution < -0.4 is 4.52 Å². The van der Waals surface area contributed by atoms with E-state index >= 15 is 0 Å². The van der Waals surface area contributed by atoms with Crippen LogP contribution in [0.4, 0.5) is 5.69 Å².